The van der Waals surface area contributed by atoms with Crippen LogP contribution in [0.1, 0.15) is 24.0 Å². The zero-order valence-corrected chi connectivity index (χ0v) is 7.59. The van der Waals surface area contributed by atoms with Gasteiger partial charge in [-0.3, -0.25) is 0 Å². The van der Waals surface area contributed by atoms with Gasteiger partial charge in [0.05, 0.1) is 0 Å². The molecule has 2 N–H and O–H groups in total. The fraction of sp³-hybridized carbons (Fsp3) is 0.333. The predicted molar refractivity (Wildman–Crippen MR) is 54.2 cm³/mol. The molecule has 13 heavy (non-hydrogen) atoms. The molecule has 1 aromatic carbocycles. The van der Waals surface area contributed by atoms with E-state index in [9.17, 15) is 0 Å². The van der Waals surface area contributed by atoms with E-state index in [-0.39, 0.29) is 5.54 Å². The van der Waals surface area contributed by atoms with Gasteiger partial charge in [-0.1, -0.05) is 18.1 Å². The number of rotatable bonds is 2. The highest BCUT2D eigenvalue weighted by atomic mass is 14.8. The fourth-order valence-electron chi connectivity index (χ4n) is 1.51. The first-order valence-corrected chi connectivity index (χ1v) is 4.56. The van der Waals surface area contributed by atoms with E-state index in [0.717, 1.165) is 24.8 Å². The zero-order valence-electron chi connectivity index (χ0n) is 7.59. The Kier molecular flexibility index (Phi) is 1.86. The first-order chi connectivity index (χ1) is 6.22. The van der Waals surface area contributed by atoms with E-state index in [1.165, 1.54) is 5.56 Å². The van der Waals surface area contributed by atoms with E-state index in [2.05, 4.69) is 12.0 Å². The summed E-state index contributed by atoms with van der Waals surface area (Å²) >= 11 is 0. The predicted octanol–water partition coefficient (Wildman–Crippen LogP) is 1.70. The Hall–Kier alpha value is -1.26. The molecule has 1 aliphatic rings. The van der Waals surface area contributed by atoms with Crippen LogP contribution in [0.25, 0.3) is 0 Å². The van der Waals surface area contributed by atoms with Crippen molar-refractivity contribution in [3.05, 3.63) is 35.4 Å². The molecule has 0 heterocycles. The van der Waals surface area contributed by atoms with Crippen molar-refractivity contribution >= 4 is 0 Å². The quantitative estimate of drug-likeness (QED) is 0.673. The molecular weight excluding hydrogens is 158 g/mol. The lowest BCUT2D eigenvalue weighted by Crippen LogP contribution is -2.24. The molecule has 1 saturated carbocycles. The number of terminal acetylenes is 1. The Labute approximate surface area is 79.0 Å². The molecule has 0 radical (unpaired) electrons. The van der Waals surface area contributed by atoms with Crippen molar-refractivity contribution in [3.8, 4) is 12.3 Å². The monoisotopic (exact) mass is 171 g/mol. The maximum atomic E-state index is 6.02. The standard InChI is InChI=1S/C12H13N/c1-2-10-4-3-5-11(8-10)9-12(13)6-7-12/h1,3-5,8H,6-7,9,13H2. The minimum atomic E-state index is 0.0766. The number of hydrogen-bond donors (Lipinski definition) is 1. The van der Waals surface area contributed by atoms with Gasteiger partial charge in [-0.2, -0.15) is 0 Å². The van der Waals surface area contributed by atoms with Crippen LogP contribution in [0.2, 0.25) is 0 Å². The third kappa shape index (κ3) is 1.91. The Morgan fingerprint density at radius 1 is 1.46 bits per heavy atom. The van der Waals surface area contributed by atoms with Crippen LogP contribution in [0.4, 0.5) is 0 Å². The molecular formula is C12H13N. The highest BCUT2D eigenvalue weighted by Crippen LogP contribution is 2.35. The Balaban J connectivity index is 2.17. The van der Waals surface area contributed by atoms with E-state index >= 15 is 0 Å². The summed E-state index contributed by atoms with van der Waals surface area (Å²) in [6.07, 6.45) is 8.57. The largest absolute Gasteiger partial charge is 0.325 e. The Morgan fingerprint density at radius 3 is 2.85 bits per heavy atom. The highest BCUT2D eigenvalue weighted by molar-refractivity contribution is 5.36. The Bertz CT molecular complexity index is 356. The van der Waals surface area contributed by atoms with Gasteiger partial charge < -0.3 is 5.73 Å². The maximum Gasteiger partial charge on any atom is 0.0245 e. The summed E-state index contributed by atoms with van der Waals surface area (Å²) in [7, 11) is 0. The van der Waals surface area contributed by atoms with Crippen LogP contribution in [0.15, 0.2) is 24.3 Å². The van der Waals surface area contributed by atoms with Crippen LogP contribution in [-0.4, -0.2) is 5.54 Å². The number of nitrogens with two attached hydrogens (primary N) is 1. The van der Waals surface area contributed by atoms with Gasteiger partial charge in [-0.05, 0) is 37.0 Å². The SMILES string of the molecule is C#Cc1cccc(CC2(N)CC2)c1. The van der Waals surface area contributed by atoms with Crippen LogP contribution in [-0.2, 0) is 6.42 Å². The van der Waals surface area contributed by atoms with Crippen molar-refractivity contribution in [1.29, 1.82) is 0 Å². The summed E-state index contributed by atoms with van der Waals surface area (Å²) < 4.78 is 0. The van der Waals surface area contributed by atoms with Gasteiger partial charge in [0.2, 0.25) is 0 Å². The number of benzene rings is 1. The van der Waals surface area contributed by atoms with E-state index in [1.54, 1.807) is 0 Å². The third-order valence-electron chi connectivity index (χ3n) is 2.54. The molecule has 1 nitrogen and oxygen atoms in total. The van der Waals surface area contributed by atoms with Gasteiger partial charge in [-0.15, -0.1) is 6.42 Å². The van der Waals surface area contributed by atoms with Gasteiger partial charge in [0, 0.05) is 11.1 Å². The summed E-state index contributed by atoms with van der Waals surface area (Å²) in [6.45, 7) is 0. The van der Waals surface area contributed by atoms with Crippen LogP contribution >= 0.6 is 0 Å². The molecule has 1 heteroatoms. The van der Waals surface area contributed by atoms with Gasteiger partial charge in [-0.25, -0.2) is 0 Å². The average Bonchev–Trinajstić information content (AvgIpc) is 2.84. The van der Waals surface area contributed by atoms with Crippen LogP contribution in [0, 0.1) is 12.3 Å². The van der Waals surface area contributed by atoms with Crippen LogP contribution in [0.5, 0.6) is 0 Å². The smallest absolute Gasteiger partial charge is 0.0245 e. The Morgan fingerprint density at radius 2 is 2.23 bits per heavy atom. The van der Waals surface area contributed by atoms with Crippen molar-refractivity contribution in [2.45, 2.75) is 24.8 Å². The molecule has 0 spiro atoms. The molecule has 0 bridgehead atoms. The molecule has 0 aliphatic heterocycles. The van der Waals surface area contributed by atoms with Crippen molar-refractivity contribution in [2.75, 3.05) is 0 Å². The second-order valence-corrected chi connectivity index (χ2v) is 3.88. The lowest BCUT2D eigenvalue weighted by molar-refractivity contribution is 0.672. The molecule has 1 aliphatic carbocycles. The second kappa shape index (κ2) is 2.90. The van der Waals surface area contributed by atoms with E-state index < -0.39 is 0 Å². The topological polar surface area (TPSA) is 26.0 Å². The summed E-state index contributed by atoms with van der Waals surface area (Å²) in [5.74, 6) is 2.63. The number of hydrogen-bond acceptors (Lipinski definition) is 1. The van der Waals surface area contributed by atoms with Gasteiger partial charge in [0.15, 0.2) is 0 Å². The summed E-state index contributed by atoms with van der Waals surface area (Å²) in [5, 5.41) is 0. The van der Waals surface area contributed by atoms with Crippen LogP contribution in [0.3, 0.4) is 0 Å². The van der Waals surface area contributed by atoms with E-state index in [4.69, 9.17) is 12.2 Å². The molecule has 0 unspecified atom stereocenters. The van der Waals surface area contributed by atoms with Gasteiger partial charge in [0.1, 0.15) is 0 Å². The van der Waals surface area contributed by atoms with E-state index in [0.29, 0.717) is 0 Å². The lowest BCUT2D eigenvalue weighted by Gasteiger charge is -2.08. The average molecular weight is 171 g/mol. The molecule has 0 amide bonds. The molecule has 0 atom stereocenters. The second-order valence-electron chi connectivity index (χ2n) is 3.88. The minimum absolute atomic E-state index is 0.0766. The minimum Gasteiger partial charge on any atom is -0.325 e. The molecule has 0 saturated heterocycles. The summed E-state index contributed by atoms with van der Waals surface area (Å²) in [4.78, 5) is 0. The summed E-state index contributed by atoms with van der Waals surface area (Å²) in [6, 6.07) is 8.08. The van der Waals surface area contributed by atoms with E-state index in [1.807, 2.05) is 18.2 Å². The van der Waals surface area contributed by atoms with Crippen molar-refractivity contribution in [3.63, 3.8) is 0 Å². The fourth-order valence-corrected chi connectivity index (χ4v) is 1.51. The van der Waals surface area contributed by atoms with Gasteiger partial charge in [0.25, 0.3) is 0 Å². The highest BCUT2D eigenvalue weighted by Gasteiger charge is 2.37. The lowest BCUT2D eigenvalue weighted by atomic mass is 10.0. The first-order valence-electron chi connectivity index (χ1n) is 4.56. The molecule has 1 fully saturated rings. The van der Waals surface area contributed by atoms with Crippen molar-refractivity contribution < 1.29 is 0 Å². The van der Waals surface area contributed by atoms with Gasteiger partial charge >= 0.3 is 0 Å². The molecule has 2 rings (SSSR count). The van der Waals surface area contributed by atoms with Crippen LogP contribution < -0.4 is 5.73 Å². The normalized spacial score (nSPS) is 17.8. The van der Waals surface area contributed by atoms with Crippen molar-refractivity contribution in [2.24, 2.45) is 5.73 Å². The van der Waals surface area contributed by atoms with Crippen molar-refractivity contribution in [1.82, 2.24) is 0 Å². The molecule has 66 valence electrons. The summed E-state index contributed by atoms with van der Waals surface area (Å²) in [5.41, 5.74) is 8.30. The first kappa shape index (κ1) is 8.34. The maximum absolute atomic E-state index is 6.02. The zero-order chi connectivity index (χ0) is 9.31. The molecule has 0 aromatic heterocycles. The third-order valence-corrected chi connectivity index (χ3v) is 2.54. The molecule has 1 aromatic rings.